The fourth-order valence-corrected chi connectivity index (χ4v) is 6.54. The van der Waals surface area contributed by atoms with Crippen LogP contribution in [0.2, 0.25) is 5.02 Å². The van der Waals surface area contributed by atoms with Crippen LogP contribution in [0.1, 0.15) is 29.8 Å². The molecule has 0 saturated carbocycles. The molecule has 1 aromatic heterocycles. The maximum atomic E-state index is 13.0. The lowest BCUT2D eigenvalue weighted by molar-refractivity contribution is -0.0440. The summed E-state index contributed by atoms with van der Waals surface area (Å²) in [5.74, 6) is -0.361. The van der Waals surface area contributed by atoms with Crippen LogP contribution < -0.4 is 5.32 Å². The summed E-state index contributed by atoms with van der Waals surface area (Å²) in [6.07, 6.45) is -0.341. The molecule has 0 radical (unpaired) electrons. The minimum Gasteiger partial charge on any atom is -0.373 e. The Morgan fingerprint density at radius 1 is 1.19 bits per heavy atom. The Kier molecular flexibility index (Phi) is 6.06. The summed E-state index contributed by atoms with van der Waals surface area (Å²) in [4.78, 5) is 17.3. The number of sulfonamides is 1. The minimum atomic E-state index is -3.66. The van der Waals surface area contributed by atoms with Crippen LogP contribution in [-0.4, -0.2) is 48.9 Å². The van der Waals surface area contributed by atoms with Crippen molar-refractivity contribution in [1.29, 1.82) is 0 Å². The van der Waals surface area contributed by atoms with Gasteiger partial charge in [0, 0.05) is 23.7 Å². The van der Waals surface area contributed by atoms with E-state index in [9.17, 15) is 13.2 Å². The van der Waals surface area contributed by atoms with E-state index < -0.39 is 10.0 Å². The number of hydrogen-bond donors (Lipinski definition) is 1. The van der Waals surface area contributed by atoms with Gasteiger partial charge in [0.2, 0.25) is 10.0 Å². The maximum absolute atomic E-state index is 13.0. The van der Waals surface area contributed by atoms with Crippen LogP contribution in [0.5, 0.6) is 0 Å². The topological polar surface area (TPSA) is 88.6 Å². The lowest BCUT2D eigenvalue weighted by Gasteiger charge is -2.34. The summed E-state index contributed by atoms with van der Waals surface area (Å²) in [5.41, 5.74) is 2.07. The number of benzene rings is 2. The highest BCUT2D eigenvalue weighted by Crippen LogP contribution is 2.31. The number of anilines is 1. The Hall–Kier alpha value is -2.04. The van der Waals surface area contributed by atoms with E-state index in [0.29, 0.717) is 28.8 Å². The van der Waals surface area contributed by atoms with Crippen molar-refractivity contribution in [2.45, 2.75) is 37.9 Å². The fraction of sp³-hybridized carbons (Fsp3) is 0.333. The van der Waals surface area contributed by atoms with Crippen LogP contribution in [0, 0.1) is 6.92 Å². The Balaban J connectivity index is 1.51. The third kappa shape index (κ3) is 4.61. The summed E-state index contributed by atoms with van der Waals surface area (Å²) in [6, 6.07) is 9.55. The van der Waals surface area contributed by atoms with Crippen molar-refractivity contribution in [2.24, 2.45) is 0 Å². The molecule has 1 amide bonds. The van der Waals surface area contributed by atoms with Gasteiger partial charge in [0.15, 0.2) is 5.13 Å². The van der Waals surface area contributed by atoms with Crippen LogP contribution in [0.3, 0.4) is 0 Å². The van der Waals surface area contributed by atoms with Gasteiger partial charge in [-0.2, -0.15) is 4.31 Å². The fourth-order valence-electron chi connectivity index (χ4n) is 3.63. The second-order valence-electron chi connectivity index (χ2n) is 7.65. The molecule has 2 heterocycles. The predicted molar refractivity (Wildman–Crippen MR) is 123 cm³/mol. The third-order valence-corrected chi connectivity index (χ3v) is 7.99. The van der Waals surface area contributed by atoms with Crippen molar-refractivity contribution >= 4 is 54.2 Å². The summed E-state index contributed by atoms with van der Waals surface area (Å²) >= 11 is 7.42. The molecule has 164 valence electrons. The van der Waals surface area contributed by atoms with Crippen molar-refractivity contribution in [3.8, 4) is 0 Å². The van der Waals surface area contributed by atoms with Gasteiger partial charge in [-0.05, 0) is 62.7 Å². The number of carbonyl (C=O) groups excluding carboxylic acids is 1. The van der Waals surface area contributed by atoms with Gasteiger partial charge in [0.25, 0.3) is 5.91 Å². The number of rotatable bonds is 4. The number of nitrogens with one attached hydrogen (secondary N) is 1. The lowest BCUT2D eigenvalue weighted by atomic mass is 10.2. The summed E-state index contributed by atoms with van der Waals surface area (Å²) < 4.78 is 33.8. The molecule has 1 fully saturated rings. The quantitative estimate of drug-likeness (QED) is 0.602. The van der Waals surface area contributed by atoms with E-state index in [0.717, 1.165) is 15.8 Å². The SMILES string of the molecule is Cc1cc(Cl)cc2sc(NC(=O)c3ccc(S(=O)(=O)N4CC(C)OC(C)C4)cc3)nc12. The molecule has 1 aliphatic heterocycles. The average Bonchev–Trinajstić information content (AvgIpc) is 3.10. The van der Waals surface area contributed by atoms with E-state index in [1.165, 1.54) is 39.9 Å². The van der Waals surface area contributed by atoms with Crippen LogP contribution >= 0.6 is 22.9 Å². The van der Waals surface area contributed by atoms with E-state index in [4.69, 9.17) is 16.3 Å². The molecule has 1 saturated heterocycles. The monoisotopic (exact) mass is 479 g/mol. The third-order valence-electron chi connectivity index (χ3n) is 5.01. The molecule has 2 unspecified atom stereocenters. The summed E-state index contributed by atoms with van der Waals surface area (Å²) in [6.45, 7) is 6.22. The molecule has 1 aliphatic rings. The molecule has 0 bridgehead atoms. The van der Waals surface area contributed by atoms with Crippen LogP contribution in [0.25, 0.3) is 10.2 Å². The van der Waals surface area contributed by atoms with Crippen molar-refractivity contribution < 1.29 is 17.9 Å². The number of ether oxygens (including phenoxy) is 1. The van der Waals surface area contributed by atoms with E-state index in [-0.39, 0.29) is 23.0 Å². The van der Waals surface area contributed by atoms with Crippen molar-refractivity contribution in [3.05, 3.63) is 52.5 Å². The van der Waals surface area contributed by atoms with Gasteiger partial charge in [-0.25, -0.2) is 13.4 Å². The first-order valence-corrected chi connectivity index (χ1v) is 12.4. The van der Waals surface area contributed by atoms with Gasteiger partial charge in [0.05, 0.1) is 27.3 Å². The van der Waals surface area contributed by atoms with Gasteiger partial charge in [-0.1, -0.05) is 22.9 Å². The molecule has 2 aromatic carbocycles. The number of aromatic nitrogens is 1. The van der Waals surface area contributed by atoms with Gasteiger partial charge < -0.3 is 4.74 Å². The molecule has 0 spiro atoms. The highest BCUT2D eigenvalue weighted by atomic mass is 35.5. The highest BCUT2D eigenvalue weighted by molar-refractivity contribution is 7.89. The Labute approximate surface area is 190 Å². The molecule has 2 atom stereocenters. The zero-order valence-corrected chi connectivity index (χ0v) is 19.6. The first-order valence-electron chi connectivity index (χ1n) is 9.77. The molecular weight excluding hydrogens is 458 g/mol. The number of amides is 1. The minimum absolute atomic E-state index is 0.149. The number of morpholine rings is 1. The number of nitrogens with zero attached hydrogens (tertiary/aromatic N) is 2. The predicted octanol–water partition coefficient (Wildman–Crippen LogP) is 4.31. The van der Waals surface area contributed by atoms with Crippen molar-refractivity contribution in [3.63, 3.8) is 0 Å². The van der Waals surface area contributed by atoms with Crippen molar-refractivity contribution in [1.82, 2.24) is 9.29 Å². The first-order chi connectivity index (χ1) is 14.6. The molecule has 10 heteroatoms. The van der Waals surface area contributed by atoms with Gasteiger partial charge in [0.1, 0.15) is 0 Å². The second kappa shape index (κ2) is 8.48. The average molecular weight is 480 g/mol. The number of thiazole rings is 1. The molecule has 4 rings (SSSR count). The van der Waals surface area contributed by atoms with E-state index >= 15 is 0 Å². The lowest BCUT2D eigenvalue weighted by Crippen LogP contribution is -2.48. The molecular formula is C21H22ClN3O4S2. The largest absolute Gasteiger partial charge is 0.373 e. The Morgan fingerprint density at radius 2 is 1.84 bits per heavy atom. The number of carbonyl (C=O) groups is 1. The molecule has 7 nitrogen and oxygen atoms in total. The smallest absolute Gasteiger partial charge is 0.257 e. The van der Waals surface area contributed by atoms with E-state index in [2.05, 4.69) is 10.3 Å². The summed E-state index contributed by atoms with van der Waals surface area (Å²) in [5, 5.41) is 3.85. The number of halogens is 1. The van der Waals surface area contributed by atoms with E-state index in [1.807, 2.05) is 32.9 Å². The first kappa shape index (κ1) is 22.2. The number of fused-ring (bicyclic) bond motifs is 1. The van der Waals surface area contributed by atoms with E-state index in [1.54, 1.807) is 0 Å². The molecule has 3 aromatic rings. The van der Waals surface area contributed by atoms with Gasteiger partial charge in [-0.3, -0.25) is 10.1 Å². The molecule has 0 aliphatic carbocycles. The number of aryl methyl sites for hydroxylation is 1. The number of hydrogen-bond acceptors (Lipinski definition) is 6. The Morgan fingerprint density at radius 3 is 2.48 bits per heavy atom. The van der Waals surface area contributed by atoms with Gasteiger partial charge >= 0.3 is 0 Å². The molecule has 1 N–H and O–H groups in total. The zero-order chi connectivity index (χ0) is 22.3. The normalized spacial score (nSPS) is 20.1. The van der Waals surface area contributed by atoms with Crippen molar-refractivity contribution in [2.75, 3.05) is 18.4 Å². The standard InChI is InChI=1S/C21H22ClN3O4S2/c1-12-8-16(22)9-18-19(12)23-21(30-18)24-20(26)15-4-6-17(7-5-15)31(27,28)25-10-13(2)29-14(3)11-25/h4-9,13-14H,10-11H2,1-3H3,(H,23,24,26). The molecule has 31 heavy (non-hydrogen) atoms. The van der Waals surface area contributed by atoms with Gasteiger partial charge in [-0.15, -0.1) is 0 Å². The van der Waals surface area contributed by atoms with Crippen LogP contribution in [-0.2, 0) is 14.8 Å². The van der Waals surface area contributed by atoms with Crippen LogP contribution in [0.4, 0.5) is 5.13 Å². The maximum Gasteiger partial charge on any atom is 0.257 e. The zero-order valence-electron chi connectivity index (χ0n) is 17.3. The van der Waals surface area contributed by atoms with Crippen LogP contribution in [0.15, 0.2) is 41.3 Å². The highest BCUT2D eigenvalue weighted by Gasteiger charge is 2.32. The Bertz CT molecular complexity index is 1230. The second-order valence-corrected chi connectivity index (χ2v) is 11.1. The summed E-state index contributed by atoms with van der Waals surface area (Å²) in [7, 11) is -3.66.